The van der Waals surface area contributed by atoms with Crippen LogP contribution in [0.3, 0.4) is 0 Å². The van der Waals surface area contributed by atoms with Crippen LogP contribution in [-0.2, 0) is 4.79 Å². The molecule has 0 spiro atoms. The fraction of sp³-hybridized carbons (Fsp3) is 0.273. The van der Waals surface area contributed by atoms with Crippen LogP contribution in [0.2, 0.25) is 0 Å². The normalized spacial score (nSPS) is 14.2. The molecular weight excluding hydrogens is 370 g/mol. The average Bonchev–Trinajstić information content (AvgIpc) is 3.13. The number of carbonyl (C=O) groups is 1. The van der Waals surface area contributed by atoms with Gasteiger partial charge in [0.25, 0.3) is 0 Å². The van der Waals surface area contributed by atoms with Gasteiger partial charge < -0.3 is 24.1 Å². The zero-order chi connectivity index (χ0) is 20.4. The average molecular weight is 393 g/mol. The molecule has 2 aromatic carbocycles. The number of H-pyrrole nitrogens is 1. The molecule has 150 valence electrons. The Morgan fingerprint density at radius 1 is 1.10 bits per heavy atom. The number of fused-ring (bicyclic) bond motifs is 1. The summed E-state index contributed by atoms with van der Waals surface area (Å²) in [6.45, 7) is 1.30. The van der Waals surface area contributed by atoms with Crippen molar-refractivity contribution in [3.05, 3.63) is 53.9 Å². The van der Waals surface area contributed by atoms with E-state index in [0.717, 1.165) is 22.4 Å². The minimum absolute atomic E-state index is 0.0360. The molecule has 4 rings (SSSR count). The molecule has 1 aliphatic rings. The van der Waals surface area contributed by atoms with Gasteiger partial charge in [-0.05, 0) is 35.9 Å². The quantitative estimate of drug-likeness (QED) is 0.651. The van der Waals surface area contributed by atoms with Gasteiger partial charge in [-0.1, -0.05) is 12.1 Å². The third-order valence-corrected chi connectivity index (χ3v) is 5.09. The predicted octanol–water partition coefficient (Wildman–Crippen LogP) is 3.23. The van der Waals surface area contributed by atoms with Crippen molar-refractivity contribution in [2.75, 3.05) is 34.4 Å². The number of aromatic amines is 1. The molecule has 7 heteroatoms. The first kappa shape index (κ1) is 18.9. The van der Waals surface area contributed by atoms with Crippen LogP contribution in [-0.4, -0.2) is 55.2 Å². The zero-order valence-corrected chi connectivity index (χ0v) is 16.6. The van der Waals surface area contributed by atoms with Crippen molar-refractivity contribution in [2.45, 2.75) is 5.92 Å². The van der Waals surface area contributed by atoms with E-state index < -0.39 is 0 Å². The lowest BCUT2D eigenvalue weighted by molar-refractivity contribution is -0.130. The second kappa shape index (κ2) is 7.87. The van der Waals surface area contributed by atoms with Crippen molar-refractivity contribution in [1.82, 2.24) is 14.9 Å². The SMILES string of the molecule is COc1cc(/C=C/C(=O)N2CC(c3nc4ccccc4[nH]3)C2)cc(OC)c1OC. The van der Waals surface area contributed by atoms with Crippen LogP contribution in [0.4, 0.5) is 0 Å². The van der Waals surface area contributed by atoms with Gasteiger partial charge in [0.15, 0.2) is 11.5 Å². The maximum absolute atomic E-state index is 12.5. The van der Waals surface area contributed by atoms with Gasteiger partial charge in [0.2, 0.25) is 11.7 Å². The van der Waals surface area contributed by atoms with E-state index in [4.69, 9.17) is 14.2 Å². The van der Waals surface area contributed by atoms with E-state index in [1.807, 2.05) is 24.3 Å². The number of nitrogens with zero attached hydrogens (tertiary/aromatic N) is 2. The highest BCUT2D eigenvalue weighted by Crippen LogP contribution is 2.38. The van der Waals surface area contributed by atoms with Crippen LogP contribution in [0, 0.1) is 0 Å². The zero-order valence-electron chi connectivity index (χ0n) is 16.6. The smallest absolute Gasteiger partial charge is 0.246 e. The first-order valence-electron chi connectivity index (χ1n) is 9.34. The van der Waals surface area contributed by atoms with Crippen LogP contribution >= 0.6 is 0 Å². The van der Waals surface area contributed by atoms with E-state index in [2.05, 4.69) is 9.97 Å². The molecule has 0 saturated carbocycles. The van der Waals surface area contributed by atoms with Crippen molar-refractivity contribution in [1.29, 1.82) is 0 Å². The number of para-hydroxylation sites is 2. The molecule has 0 aliphatic carbocycles. The largest absolute Gasteiger partial charge is 0.493 e. The highest BCUT2D eigenvalue weighted by Gasteiger charge is 2.32. The summed E-state index contributed by atoms with van der Waals surface area (Å²) in [6.07, 6.45) is 3.32. The van der Waals surface area contributed by atoms with Gasteiger partial charge in [0.1, 0.15) is 5.82 Å². The van der Waals surface area contributed by atoms with Crippen molar-refractivity contribution in [3.8, 4) is 17.2 Å². The number of nitrogens with one attached hydrogen (secondary N) is 1. The predicted molar refractivity (Wildman–Crippen MR) is 111 cm³/mol. The highest BCUT2D eigenvalue weighted by molar-refractivity contribution is 5.92. The van der Waals surface area contributed by atoms with Gasteiger partial charge in [0.05, 0.1) is 38.3 Å². The molecule has 3 aromatic rings. The molecule has 7 nitrogen and oxygen atoms in total. The minimum atomic E-state index is -0.0360. The van der Waals surface area contributed by atoms with Crippen LogP contribution in [0.15, 0.2) is 42.5 Å². The molecule has 29 heavy (non-hydrogen) atoms. The monoisotopic (exact) mass is 393 g/mol. The van der Waals surface area contributed by atoms with E-state index in [1.165, 1.54) is 0 Å². The first-order valence-corrected chi connectivity index (χ1v) is 9.34. The summed E-state index contributed by atoms with van der Waals surface area (Å²) in [4.78, 5) is 22.3. The Kier molecular flexibility index (Phi) is 5.12. The Hall–Kier alpha value is -3.48. The molecule has 1 aromatic heterocycles. The van der Waals surface area contributed by atoms with Crippen LogP contribution in [0.5, 0.6) is 17.2 Å². The van der Waals surface area contributed by atoms with Crippen molar-refractivity contribution < 1.29 is 19.0 Å². The number of carbonyl (C=O) groups excluding carboxylic acids is 1. The molecular formula is C22H23N3O4. The molecule has 0 radical (unpaired) electrons. The molecule has 0 atom stereocenters. The number of aromatic nitrogens is 2. The molecule has 1 amide bonds. The number of methoxy groups -OCH3 is 3. The van der Waals surface area contributed by atoms with Gasteiger partial charge in [-0.3, -0.25) is 4.79 Å². The summed E-state index contributed by atoms with van der Waals surface area (Å²) >= 11 is 0. The molecule has 1 fully saturated rings. The van der Waals surface area contributed by atoms with Crippen LogP contribution in [0.25, 0.3) is 17.1 Å². The summed E-state index contributed by atoms with van der Waals surface area (Å²) in [7, 11) is 4.68. The van der Waals surface area contributed by atoms with E-state index in [0.29, 0.717) is 30.3 Å². The van der Waals surface area contributed by atoms with E-state index >= 15 is 0 Å². The molecule has 0 unspecified atom stereocenters. The summed E-state index contributed by atoms with van der Waals surface area (Å²) in [5.74, 6) is 2.76. The number of ether oxygens (including phenoxy) is 3. The Bertz CT molecular complexity index is 1010. The third kappa shape index (κ3) is 3.63. The summed E-state index contributed by atoms with van der Waals surface area (Å²) in [5.41, 5.74) is 2.77. The number of amides is 1. The molecule has 0 bridgehead atoms. The first-order chi connectivity index (χ1) is 14.1. The molecule has 2 heterocycles. The van der Waals surface area contributed by atoms with Gasteiger partial charge in [-0.15, -0.1) is 0 Å². The van der Waals surface area contributed by atoms with Crippen molar-refractivity contribution in [3.63, 3.8) is 0 Å². The van der Waals surface area contributed by atoms with Crippen LogP contribution in [0.1, 0.15) is 17.3 Å². The Labute approximate surface area is 168 Å². The maximum atomic E-state index is 12.5. The van der Waals surface area contributed by atoms with Crippen molar-refractivity contribution >= 4 is 23.0 Å². The summed E-state index contributed by atoms with van der Waals surface area (Å²) in [5, 5.41) is 0. The summed E-state index contributed by atoms with van der Waals surface area (Å²) < 4.78 is 16.0. The lowest BCUT2D eigenvalue weighted by Gasteiger charge is -2.37. The summed E-state index contributed by atoms with van der Waals surface area (Å²) in [6, 6.07) is 11.5. The second-order valence-electron chi connectivity index (χ2n) is 6.87. The number of hydrogen-bond acceptors (Lipinski definition) is 5. The number of likely N-dealkylation sites (tertiary alicyclic amines) is 1. The molecule has 1 aliphatic heterocycles. The Balaban J connectivity index is 1.42. The van der Waals surface area contributed by atoms with Crippen LogP contribution < -0.4 is 14.2 Å². The molecule has 1 saturated heterocycles. The molecule has 1 N–H and O–H groups in total. The highest BCUT2D eigenvalue weighted by atomic mass is 16.5. The lowest BCUT2D eigenvalue weighted by Crippen LogP contribution is -2.48. The Morgan fingerprint density at radius 2 is 1.79 bits per heavy atom. The van der Waals surface area contributed by atoms with E-state index in [1.54, 1.807) is 50.5 Å². The fourth-order valence-corrected chi connectivity index (χ4v) is 3.47. The van der Waals surface area contributed by atoms with Crippen molar-refractivity contribution in [2.24, 2.45) is 0 Å². The second-order valence-corrected chi connectivity index (χ2v) is 6.87. The Morgan fingerprint density at radius 3 is 2.41 bits per heavy atom. The lowest BCUT2D eigenvalue weighted by atomic mass is 9.99. The standard InChI is InChI=1S/C22H23N3O4/c1-27-18-10-14(11-19(28-2)21(18)29-3)8-9-20(26)25-12-15(13-25)22-23-16-6-4-5-7-17(16)24-22/h4-11,15H,12-13H2,1-3H3,(H,23,24)/b9-8+. The number of rotatable bonds is 6. The van der Waals surface area contributed by atoms with Gasteiger partial charge >= 0.3 is 0 Å². The fourth-order valence-electron chi connectivity index (χ4n) is 3.47. The van der Waals surface area contributed by atoms with E-state index in [9.17, 15) is 4.79 Å². The third-order valence-electron chi connectivity index (χ3n) is 5.09. The van der Waals surface area contributed by atoms with Gasteiger partial charge in [-0.25, -0.2) is 4.98 Å². The minimum Gasteiger partial charge on any atom is -0.493 e. The number of imidazole rings is 1. The topological polar surface area (TPSA) is 76.7 Å². The van der Waals surface area contributed by atoms with Gasteiger partial charge in [-0.2, -0.15) is 0 Å². The number of hydrogen-bond donors (Lipinski definition) is 1. The number of benzene rings is 2. The van der Waals surface area contributed by atoms with E-state index in [-0.39, 0.29) is 11.8 Å². The van der Waals surface area contributed by atoms with Gasteiger partial charge in [0, 0.05) is 19.2 Å². The maximum Gasteiger partial charge on any atom is 0.246 e.